The number of halogens is 1. The third-order valence-corrected chi connectivity index (χ3v) is 7.17. The van der Waals surface area contributed by atoms with Crippen molar-refractivity contribution in [1.82, 2.24) is 19.7 Å². The molecule has 0 fully saturated rings. The second-order valence-corrected chi connectivity index (χ2v) is 9.47. The van der Waals surface area contributed by atoms with Gasteiger partial charge in [-0.2, -0.15) is 5.10 Å². The molecule has 180 valence electrons. The minimum absolute atomic E-state index is 0.676. The third-order valence-electron chi connectivity index (χ3n) is 6.92. The number of hydrogen-bond acceptors (Lipinski definition) is 5. The van der Waals surface area contributed by atoms with Crippen molar-refractivity contribution in [2.75, 3.05) is 14.2 Å². The number of nitrogens with zero attached hydrogens (tertiary/aromatic N) is 4. The van der Waals surface area contributed by atoms with E-state index in [0.29, 0.717) is 10.8 Å². The minimum Gasteiger partial charge on any atom is -0.493 e. The fourth-order valence-corrected chi connectivity index (χ4v) is 5.29. The van der Waals surface area contributed by atoms with Gasteiger partial charge in [0, 0.05) is 34.2 Å². The standard InChI is InChI=1S/C30H21ClN4O2/c1-36-24-14-18-12-19-13-20-16-32-30-26(28(20)33-27(19)23(18)15-25(24)37-2)29(17-8-10-21(31)11-9-17)34-35(30)22-6-4-3-5-7-22/h3-11,13-16H,12H2,1-2H3. The molecule has 7 heteroatoms. The molecule has 0 atom stereocenters. The third kappa shape index (κ3) is 3.37. The molecule has 0 saturated carbocycles. The summed E-state index contributed by atoms with van der Waals surface area (Å²) in [7, 11) is 3.31. The van der Waals surface area contributed by atoms with Crippen molar-refractivity contribution in [2.24, 2.45) is 0 Å². The zero-order valence-corrected chi connectivity index (χ0v) is 21.0. The molecule has 0 N–H and O–H groups in total. The maximum Gasteiger partial charge on any atom is 0.165 e. The Morgan fingerprint density at radius 2 is 1.59 bits per heavy atom. The summed E-state index contributed by atoms with van der Waals surface area (Å²) in [5, 5.41) is 7.58. The normalized spacial score (nSPS) is 12.1. The van der Waals surface area contributed by atoms with Gasteiger partial charge in [-0.15, -0.1) is 0 Å². The fraction of sp³-hybridized carbons (Fsp3) is 0.100. The largest absolute Gasteiger partial charge is 0.493 e. The highest BCUT2D eigenvalue weighted by Crippen LogP contribution is 2.44. The summed E-state index contributed by atoms with van der Waals surface area (Å²) >= 11 is 6.20. The van der Waals surface area contributed by atoms with Crippen LogP contribution in [0.5, 0.6) is 11.5 Å². The van der Waals surface area contributed by atoms with E-state index in [2.05, 4.69) is 6.07 Å². The zero-order valence-electron chi connectivity index (χ0n) is 20.2. The Labute approximate surface area is 218 Å². The summed E-state index contributed by atoms with van der Waals surface area (Å²) in [5.74, 6) is 1.41. The second kappa shape index (κ2) is 8.32. The van der Waals surface area contributed by atoms with Gasteiger partial charge in [-0.3, -0.25) is 0 Å². The van der Waals surface area contributed by atoms with Gasteiger partial charge in [0.15, 0.2) is 17.1 Å². The number of aromatic nitrogens is 4. The maximum absolute atomic E-state index is 6.20. The van der Waals surface area contributed by atoms with Crippen molar-refractivity contribution in [3.8, 4) is 39.7 Å². The average Bonchev–Trinajstić information content (AvgIpc) is 3.50. The molecule has 37 heavy (non-hydrogen) atoms. The molecule has 0 unspecified atom stereocenters. The predicted molar refractivity (Wildman–Crippen MR) is 146 cm³/mol. The number of rotatable bonds is 4. The van der Waals surface area contributed by atoms with E-state index in [4.69, 9.17) is 36.1 Å². The summed E-state index contributed by atoms with van der Waals surface area (Å²) < 4.78 is 13.0. The monoisotopic (exact) mass is 504 g/mol. The Balaban J connectivity index is 1.54. The maximum atomic E-state index is 6.20. The van der Waals surface area contributed by atoms with Crippen molar-refractivity contribution < 1.29 is 9.47 Å². The number of hydrogen-bond donors (Lipinski definition) is 0. The molecule has 1 aliphatic rings. The number of ether oxygens (including phenoxy) is 2. The Bertz CT molecular complexity index is 1830. The Morgan fingerprint density at radius 3 is 2.35 bits per heavy atom. The van der Waals surface area contributed by atoms with Gasteiger partial charge in [-0.1, -0.05) is 41.9 Å². The first-order valence-corrected chi connectivity index (χ1v) is 12.3. The van der Waals surface area contributed by atoms with Crippen LogP contribution in [0.15, 0.2) is 79.0 Å². The average molecular weight is 505 g/mol. The van der Waals surface area contributed by atoms with E-state index in [9.17, 15) is 0 Å². The van der Waals surface area contributed by atoms with Gasteiger partial charge >= 0.3 is 0 Å². The van der Waals surface area contributed by atoms with E-state index in [1.54, 1.807) is 14.2 Å². The molecule has 7 rings (SSSR count). The molecule has 0 aliphatic heterocycles. The molecule has 0 radical (unpaired) electrons. The predicted octanol–water partition coefficient (Wildman–Crippen LogP) is 6.88. The lowest BCUT2D eigenvalue weighted by Gasteiger charge is -2.10. The van der Waals surface area contributed by atoms with Crippen molar-refractivity contribution in [3.05, 3.63) is 95.1 Å². The number of pyridine rings is 2. The van der Waals surface area contributed by atoms with Gasteiger partial charge in [0.25, 0.3) is 0 Å². The molecule has 6 aromatic rings. The second-order valence-electron chi connectivity index (χ2n) is 9.03. The van der Waals surface area contributed by atoms with E-state index < -0.39 is 0 Å². The summed E-state index contributed by atoms with van der Waals surface area (Å²) in [6.45, 7) is 0. The van der Waals surface area contributed by atoms with E-state index in [-0.39, 0.29) is 0 Å². The molecule has 0 amide bonds. The van der Waals surface area contributed by atoms with Crippen LogP contribution in [-0.2, 0) is 6.42 Å². The van der Waals surface area contributed by atoms with Crippen molar-refractivity contribution in [3.63, 3.8) is 0 Å². The van der Waals surface area contributed by atoms with Crippen LogP contribution in [0.2, 0.25) is 5.02 Å². The summed E-state index contributed by atoms with van der Waals surface area (Å²) in [6, 6.07) is 24.0. The Morgan fingerprint density at radius 1 is 0.838 bits per heavy atom. The van der Waals surface area contributed by atoms with Crippen LogP contribution in [-0.4, -0.2) is 34.0 Å². The van der Waals surface area contributed by atoms with Crippen molar-refractivity contribution in [2.45, 2.75) is 6.42 Å². The van der Waals surface area contributed by atoms with Crippen molar-refractivity contribution >= 4 is 33.5 Å². The van der Waals surface area contributed by atoms with E-state index >= 15 is 0 Å². The number of para-hydroxylation sites is 1. The first-order valence-electron chi connectivity index (χ1n) is 11.9. The molecule has 0 spiro atoms. The van der Waals surface area contributed by atoms with Gasteiger partial charge in [0.1, 0.15) is 5.69 Å². The first-order chi connectivity index (χ1) is 18.1. The van der Waals surface area contributed by atoms with Crippen LogP contribution >= 0.6 is 11.6 Å². The molecule has 0 saturated heterocycles. The SMILES string of the molecule is COc1cc2c(cc1OC)-c1nc3c(cnc4c3c(-c3ccc(Cl)cc3)nn4-c3ccccc3)cc1C2. The molecule has 1 aliphatic carbocycles. The van der Waals surface area contributed by atoms with Gasteiger partial charge in [0.2, 0.25) is 0 Å². The fourth-order valence-electron chi connectivity index (χ4n) is 5.17. The van der Waals surface area contributed by atoms with Crippen LogP contribution < -0.4 is 9.47 Å². The van der Waals surface area contributed by atoms with E-state index in [1.165, 1.54) is 0 Å². The summed E-state index contributed by atoms with van der Waals surface area (Å²) in [6.07, 6.45) is 2.67. The van der Waals surface area contributed by atoms with Crippen LogP contribution in [0.25, 0.3) is 50.1 Å². The Hall–Kier alpha value is -4.42. The van der Waals surface area contributed by atoms with E-state index in [0.717, 1.165) is 73.4 Å². The lowest BCUT2D eigenvalue weighted by molar-refractivity contribution is 0.355. The molecule has 6 nitrogen and oxygen atoms in total. The highest BCUT2D eigenvalue weighted by atomic mass is 35.5. The highest BCUT2D eigenvalue weighted by Gasteiger charge is 2.26. The Kier molecular flexibility index (Phi) is 4.91. The number of fused-ring (bicyclic) bond motifs is 6. The molecule has 3 aromatic heterocycles. The minimum atomic E-state index is 0.676. The smallest absolute Gasteiger partial charge is 0.165 e. The lowest BCUT2D eigenvalue weighted by Crippen LogP contribution is -1.97. The summed E-state index contributed by atoms with van der Waals surface area (Å²) in [5.41, 5.74) is 8.63. The van der Waals surface area contributed by atoms with Gasteiger partial charge < -0.3 is 9.47 Å². The molecule has 3 heterocycles. The topological polar surface area (TPSA) is 62.1 Å². The number of methoxy groups -OCH3 is 2. The van der Waals surface area contributed by atoms with Crippen LogP contribution in [0.3, 0.4) is 0 Å². The van der Waals surface area contributed by atoms with Crippen LogP contribution in [0.4, 0.5) is 0 Å². The van der Waals surface area contributed by atoms with Crippen LogP contribution in [0, 0.1) is 0 Å². The molecule has 3 aromatic carbocycles. The van der Waals surface area contributed by atoms with Gasteiger partial charge in [-0.25, -0.2) is 14.6 Å². The number of benzene rings is 3. The van der Waals surface area contributed by atoms with Crippen molar-refractivity contribution in [1.29, 1.82) is 0 Å². The first kappa shape index (κ1) is 21.8. The van der Waals surface area contributed by atoms with E-state index in [1.807, 2.05) is 77.6 Å². The highest BCUT2D eigenvalue weighted by molar-refractivity contribution is 6.30. The van der Waals surface area contributed by atoms with Gasteiger partial charge in [-0.05, 0) is 53.6 Å². The molecule has 0 bridgehead atoms. The van der Waals surface area contributed by atoms with Gasteiger partial charge in [0.05, 0.1) is 36.5 Å². The quantitative estimate of drug-likeness (QED) is 0.261. The summed E-state index contributed by atoms with van der Waals surface area (Å²) in [4.78, 5) is 10.1. The molecular weight excluding hydrogens is 484 g/mol. The van der Waals surface area contributed by atoms with Crippen LogP contribution in [0.1, 0.15) is 11.1 Å². The zero-order chi connectivity index (χ0) is 25.1. The molecular formula is C30H21ClN4O2. The lowest BCUT2D eigenvalue weighted by atomic mass is 10.1.